The zero-order valence-corrected chi connectivity index (χ0v) is 23.7. The summed E-state index contributed by atoms with van der Waals surface area (Å²) in [6, 6.07) is 25.7. The van der Waals surface area contributed by atoms with Crippen LogP contribution in [0, 0.1) is 5.92 Å². The maximum absolute atomic E-state index is 12.9. The molecule has 4 aromatic rings. The Bertz CT molecular complexity index is 1510. The van der Waals surface area contributed by atoms with E-state index in [4.69, 9.17) is 14.2 Å². The number of carbonyl (C=O) groups is 2. The number of hydrogen-bond acceptors (Lipinski definition) is 6. The Hall–Kier alpha value is -4.85. The zero-order chi connectivity index (χ0) is 29.2. The minimum Gasteiger partial charge on any atom is -0.497 e. The van der Waals surface area contributed by atoms with Crippen molar-refractivity contribution < 1.29 is 23.8 Å². The van der Waals surface area contributed by atoms with Crippen molar-refractivity contribution in [3.63, 3.8) is 0 Å². The number of ether oxygens (including phenoxy) is 3. The van der Waals surface area contributed by atoms with Crippen molar-refractivity contribution in [1.29, 1.82) is 0 Å². The van der Waals surface area contributed by atoms with E-state index in [0.29, 0.717) is 36.0 Å². The quantitative estimate of drug-likeness (QED) is 0.172. The maximum Gasteiger partial charge on any atom is 0.262 e. The maximum atomic E-state index is 12.9. The number of methoxy groups -OCH3 is 1. The number of rotatable bonds is 12. The van der Waals surface area contributed by atoms with Gasteiger partial charge in [0.2, 0.25) is 0 Å². The molecule has 0 saturated heterocycles. The van der Waals surface area contributed by atoms with Gasteiger partial charge in [-0.1, -0.05) is 56.3 Å². The number of carbonyl (C=O) groups excluding carboxylic acids is 2. The monoisotopic (exact) mass is 553 g/mol. The predicted molar refractivity (Wildman–Crippen MR) is 161 cm³/mol. The molecule has 41 heavy (non-hydrogen) atoms. The van der Waals surface area contributed by atoms with Gasteiger partial charge in [0.1, 0.15) is 18.4 Å². The van der Waals surface area contributed by atoms with Crippen LogP contribution >= 0.6 is 0 Å². The molecule has 0 fully saturated rings. The lowest BCUT2D eigenvalue weighted by Crippen LogP contribution is -2.48. The highest BCUT2D eigenvalue weighted by Gasteiger charge is 2.24. The largest absolute Gasteiger partial charge is 0.497 e. The fraction of sp³-hybridized carbons (Fsp3) is 0.242. The van der Waals surface area contributed by atoms with E-state index in [2.05, 4.69) is 40.1 Å². The molecule has 212 valence electrons. The van der Waals surface area contributed by atoms with Crippen LogP contribution < -0.4 is 25.0 Å². The average Bonchev–Trinajstić information content (AvgIpc) is 2.99. The van der Waals surface area contributed by atoms with E-state index in [1.165, 1.54) is 6.21 Å². The first-order valence-electron chi connectivity index (χ1n) is 13.5. The first-order chi connectivity index (χ1) is 19.9. The normalized spacial score (nSPS) is 11.8. The Morgan fingerprint density at radius 1 is 0.902 bits per heavy atom. The fourth-order valence-corrected chi connectivity index (χ4v) is 4.31. The second-order valence-electron chi connectivity index (χ2n) is 9.72. The summed E-state index contributed by atoms with van der Waals surface area (Å²) < 4.78 is 17.1. The molecule has 0 radical (unpaired) electrons. The summed E-state index contributed by atoms with van der Waals surface area (Å²) in [6.45, 7) is 6.47. The van der Waals surface area contributed by atoms with E-state index in [9.17, 15) is 9.59 Å². The van der Waals surface area contributed by atoms with Gasteiger partial charge in [-0.2, -0.15) is 5.10 Å². The summed E-state index contributed by atoms with van der Waals surface area (Å²) in [7, 11) is 1.56. The van der Waals surface area contributed by atoms with Gasteiger partial charge in [-0.15, -0.1) is 0 Å². The van der Waals surface area contributed by atoms with Crippen molar-refractivity contribution in [3.05, 3.63) is 102 Å². The average molecular weight is 554 g/mol. The van der Waals surface area contributed by atoms with Crippen LogP contribution in [0.25, 0.3) is 10.8 Å². The molecule has 0 aliphatic rings. The van der Waals surface area contributed by atoms with Gasteiger partial charge in [0.05, 0.1) is 19.9 Å². The van der Waals surface area contributed by atoms with Crippen molar-refractivity contribution in [2.75, 3.05) is 13.7 Å². The van der Waals surface area contributed by atoms with E-state index in [1.807, 2.05) is 57.2 Å². The Labute approximate surface area is 240 Å². The lowest BCUT2D eigenvalue weighted by atomic mass is 10.0. The number of benzene rings is 4. The van der Waals surface area contributed by atoms with Gasteiger partial charge in [-0.3, -0.25) is 9.59 Å². The molecule has 4 aromatic carbocycles. The molecular formula is C33H35N3O5. The molecule has 0 bridgehead atoms. The topological polar surface area (TPSA) is 98.2 Å². The zero-order valence-electron chi connectivity index (χ0n) is 23.7. The molecule has 0 aliphatic carbocycles. The summed E-state index contributed by atoms with van der Waals surface area (Å²) >= 11 is 0. The van der Waals surface area contributed by atoms with Crippen molar-refractivity contribution >= 4 is 28.8 Å². The molecule has 0 spiro atoms. The number of hydrazone groups is 1. The molecule has 2 N–H and O–H groups in total. The molecule has 0 heterocycles. The van der Waals surface area contributed by atoms with Crippen LogP contribution in [-0.4, -0.2) is 37.8 Å². The van der Waals surface area contributed by atoms with E-state index in [0.717, 1.165) is 21.9 Å². The van der Waals surface area contributed by atoms with E-state index in [1.54, 1.807) is 31.4 Å². The highest BCUT2D eigenvalue weighted by atomic mass is 16.5. The van der Waals surface area contributed by atoms with Gasteiger partial charge in [-0.05, 0) is 77.2 Å². The van der Waals surface area contributed by atoms with E-state index >= 15 is 0 Å². The molecule has 0 aromatic heterocycles. The summed E-state index contributed by atoms with van der Waals surface area (Å²) in [5, 5.41) is 9.21. The molecular weight excluding hydrogens is 518 g/mol. The Morgan fingerprint density at radius 2 is 1.66 bits per heavy atom. The van der Waals surface area contributed by atoms with Crippen LogP contribution in [0.3, 0.4) is 0 Å². The number of nitrogens with one attached hydrogen (secondary N) is 2. The number of amides is 2. The highest BCUT2D eigenvalue weighted by Crippen LogP contribution is 2.30. The third-order valence-corrected chi connectivity index (χ3v) is 6.51. The minimum absolute atomic E-state index is 0.157. The summed E-state index contributed by atoms with van der Waals surface area (Å²) in [5.41, 5.74) is 4.77. The van der Waals surface area contributed by atoms with E-state index in [-0.39, 0.29) is 11.8 Å². The van der Waals surface area contributed by atoms with Gasteiger partial charge in [0.25, 0.3) is 11.8 Å². The van der Waals surface area contributed by atoms with Crippen LogP contribution in [0.5, 0.6) is 17.2 Å². The third-order valence-electron chi connectivity index (χ3n) is 6.51. The van der Waals surface area contributed by atoms with Crippen molar-refractivity contribution in [3.8, 4) is 17.2 Å². The summed E-state index contributed by atoms with van der Waals surface area (Å²) in [5.74, 6) is 0.905. The number of fused-ring (bicyclic) bond motifs is 1. The van der Waals surface area contributed by atoms with Crippen molar-refractivity contribution in [2.45, 2.75) is 33.4 Å². The Kier molecular flexibility index (Phi) is 9.94. The van der Waals surface area contributed by atoms with Crippen molar-refractivity contribution in [1.82, 2.24) is 10.7 Å². The second-order valence-corrected chi connectivity index (χ2v) is 9.72. The highest BCUT2D eigenvalue weighted by molar-refractivity contribution is 5.98. The molecule has 1 unspecified atom stereocenters. The molecule has 2 amide bonds. The van der Waals surface area contributed by atoms with Crippen LogP contribution in [0.2, 0.25) is 0 Å². The molecule has 8 heteroatoms. The SMILES string of the molecule is CCOc1cc(C=NNC(=O)C(NC(=O)c2ccc(OC)cc2)C(C)C)ccc1OCc1cccc2ccccc12. The molecule has 0 aliphatic heterocycles. The second kappa shape index (κ2) is 14.0. The third kappa shape index (κ3) is 7.63. The predicted octanol–water partition coefficient (Wildman–Crippen LogP) is 5.73. The summed E-state index contributed by atoms with van der Waals surface area (Å²) in [6.07, 6.45) is 1.53. The standard InChI is InChI=1S/C33H35N3O5/c1-5-40-30-19-23(13-18-29(30)41-21-26-11-8-10-24-9-6-7-12-28(24)26)20-34-36-33(38)31(22(2)3)35-32(37)25-14-16-27(39-4)17-15-25/h6-20,22,31H,5,21H2,1-4H3,(H,35,37)(H,36,38). The van der Waals surface area contributed by atoms with Crippen LogP contribution in [0.4, 0.5) is 0 Å². The molecule has 4 rings (SSSR count). The van der Waals surface area contributed by atoms with Gasteiger partial charge in [-0.25, -0.2) is 5.43 Å². The lowest BCUT2D eigenvalue weighted by Gasteiger charge is -2.20. The molecule has 0 saturated carbocycles. The van der Waals surface area contributed by atoms with E-state index < -0.39 is 11.9 Å². The summed E-state index contributed by atoms with van der Waals surface area (Å²) in [4.78, 5) is 25.6. The Balaban J connectivity index is 1.40. The van der Waals surface area contributed by atoms with Gasteiger partial charge >= 0.3 is 0 Å². The van der Waals surface area contributed by atoms with Gasteiger partial charge in [0.15, 0.2) is 11.5 Å². The van der Waals surface area contributed by atoms with Gasteiger partial charge < -0.3 is 19.5 Å². The van der Waals surface area contributed by atoms with Crippen LogP contribution in [-0.2, 0) is 11.4 Å². The van der Waals surface area contributed by atoms with Crippen molar-refractivity contribution in [2.24, 2.45) is 11.0 Å². The van der Waals surface area contributed by atoms with Crippen LogP contribution in [0.15, 0.2) is 90.0 Å². The molecule has 8 nitrogen and oxygen atoms in total. The van der Waals surface area contributed by atoms with Gasteiger partial charge in [0, 0.05) is 5.56 Å². The van der Waals surface area contributed by atoms with Crippen LogP contribution in [0.1, 0.15) is 42.3 Å². The fourth-order valence-electron chi connectivity index (χ4n) is 4.31. The number of nitrogens with zero attached hydrogens (tertiary/aromatic N) is 1. The molecule has 1 atom stereocenters. The lowest BCUT2D eigenvalue weighted by molar-refractivity contribution is -0.123. The first-order valence-corrected chi connectivity index (χ1v) is 13.5. The minimum atomic E-state index is -0.773. The number of hydrogen-bond donors (Lipinski definition) is 2. The smallest absolute Gasteiger partial charge is 0.262 e. The Morgan fingerprint density at radius 3 is 2.39 bits per heavy atom. The first kappa shape index (κ1) is 29.1.